The molecule has 0 spiro atoms. The molecule has 0 radical (unpaired) electrons. The zero-order chi connectivity index (χ0) is 27.1. The maximum absolute atomic E-state index is 14.8. The molecular formula is C29H34FNO4S2. The number of benzene rings is 2. The molecule has 0 N–H and O–H groups in total. The number of sulfonamides is 1. The summed E-state index contributed by atoms with van der Waals surface area (Å²) in [5.74, 6) is -0.696. The molecule has 0 aliphatic carbocycles. The molecule has 0 fully saturated rings. The topological polar surface area (TPSA) is 63.7 Å². The first-order valence-electron chi connectivity index (χ1n) is 12.5. The van der Waals surface area contributed by atoms with E-state index in [1.54, 1.807) is 6.92 Å². The summed E-state index contributed by atoms with van der Waals surface area (Å²) in [6, 6.07) is 14.2. The van der Waals surface area contributed by atoms with Crippen LogP contribution in [-0.2, 0) is 16.6 Å². The predicted molar refractivity (Wildman–Crippen MR) is 146 cm³/mol. The van der Waals surface area contributed by atoms with Crippen LogP contribution in [-0.4, -0.2) is 31.2 Å². The van der Waals surface area contributed by atoms with E-state index in [1.165, 1.54) is 27.8 Å². The van der Waals surface area contributed by atoms with Crippen LogP contribution in [0.15, 0.2) is 53.4 Å². The van der Waals surface area contributed by atoms with Crippen LogP contribution in [0.25, 0.3) is 0 Å². The standard InChI is InChI=1S/C29H34FNO4S2/c1-7-22-17-31(37(33,34)28-23(30)9-8-10-24(28)35-22)16-21-15-20(12-11-18(21)2)27(29(4,5)6)26-14-13-25(36-26)19(3)32/h8-15,22,27H,7,16-17H2,1-6H3/t22-,27?/m1/s1. The number of carbonyl (C=O) groups is 1. The minimum Gasteiger partial charge on any atom is -0.488 e. The van der Waals surface area contributed by atoms with Crippen molar-refractivity contribution < 1.29 is 22.3 Å². The van der Waals surface area contributed by atoms with Gasteiger partial charge in [0.25, 0.3) is 0 Å². The number of ether oxygens (including phenoxy) is 1. The van der Waals surface area contributed by atoms with Crippen LogP contribution in [0, 0.1) is 18.2 Å². The summed E-state index contributed by atoms with van der Waals surface area (Å²) in [6.07, 6.45) is 0.198. The van der Waals surface area contributed by atoms with Crippen LogP contribution in [0.1, 0.15) is 78.2 Å². The molecule has 0 saturated heterocycles. The Morgan fingerprint density at radius 1 is 1.19 bits per heavy atom. The van der Waals surface area contributed by atoms with Gasteiger partial charge in [0, 0.05) is 17.3 Å². The number of nitrogens with zero attached hydrogens (tertiary/aromatic N) is 1. The van der Waals surface area contributed by atoms with Crippen LogP contribution < -0.4 is 4.74 Å². The van der Waals surface area contributed by atoms with Gasteiger partial charge < -0.3 is 4.74 Å². The highest BCUT2D eigenvalue weighted by molar-refractivity contribution is 7.89. The van der Waals surface area contributed by atoms with E-state index in [9.17, 15) is 17.6 Å². The van der Waals surface area contributed by atoms with Gasteiger partial charge in [0.1, 0.15) is 17.7 Å². The number of ketones is 1. The maximum atomic E-state index is 14.8. The van der Waals surface area contributed by atoms with Gasteiger partial charge in [-0.1, -0.05) is 52.0 Å². The van der Waals surface area contributed by atoms with Crippen molar-refractivity contribution in [1.82, 2.24) is 4.31 Å². The molecule has 0 bridgehead atoms. The molecule has 1 unspecified atom stereocenters. The molecule has 37 heavy (non-hydrogen) atoms. The normalized spacial score (nSPS) is 18.5. The molecule has 1 aliphatic heterocycles. The Morgan fingerprint density at radius 2 is 1.92 bits per heavy atom. The zero-order valence-electron chi connectivity index (χ0n) is 22.2. The first-order chi connectivity index (χ1) is 17.3. The summed E-state index contributed by atoms with van der Waals surface area (Å²) in [5.41, 5.74) is 2.71. The van der Waals surface area contributed by atoms with Gasteiger partial charge in [-0.3, -0.25) is 4.79 Å². The van der Waals surface area contributed by atoms with Crippen molar-refractivity contribution in [2.24, 2.45) is 5.41 Å². The molecule has 2 atom stereocenters. The average molecular weight is 544 g/mol. The predicted octanol–water partition coefficient (Wildman–Crippen LogP) is 6.94. The molecule has 2 aromatic carbocycles. The van der Waals surface area contributed by atoms with Crippen LogP contribution >= 0.6 is 11.3 Å². The van der Waals surface area contributed by atoms with E-state index < -0.39 is 20.7 Å². The Hall–Kier alpha value is -2.55. The lowest BCUT2D eigenvalue weighted by atomic mass is 9.75. The number of hydrogen-bond donors (Lipinski definition) is 0. The molecular weight excluding hydrogens is 509 g/mol. The van der Waals surface area contributed by atoms with Crippen LogP contribution in [0.4, 0.5) is 4.39 Å². The Kier molecular flexibility index (Phi) is 7.66. The molecule has 1 aliphatic rings. The highest BCUT2D eigenvalue weighted by atomic mass is 32.2. The van der Waals surface area contributed by atoms with E-state index in [2.05, 4.69) is 32.9 Å². The smallest absolute Gasteiger partial charge is 0.250 e. The van der Waals surface area contributed by atoms with Crippen molar-refractivity contribution in [2.45, 2.75) is 71.4 Å². The molecule has 3 aromatic rings. The van der Waals surface area contributed by atoms with Gasteiger partial charge in [-0.2, -0.15) is 4.31 Å². The first-order valence-corrected chi connectivity index (χ1v) is 14.7. The second-order valence-electron chi connectivity index (χ2n) is 10.8. The molecule has 4 rings (SSSR count). The highest BCUT2D eigenvalue weighted by Crippen LogP contribution is 2.44. The van der Waals surface area contributed by atoms with Gasteiger partial charge in [-0.25, -0.2) is 12.8 Å². The lowest BCUT2D eigenvalue weighted by molar-refractivity contribution is 0.102. The van der Waals surface area contributed by atoms with Gasteiger partial charge in [0.15, 0.2) is 10.7 Å². The van der Waals surface area contributed by atoms with Gasteiger partial charge in [-0.05, 0) is 66.6 Å². The lowest BCUT2D eigenvalue weighted by Crippen LogP contribution is -2.36. The summed E-state index contributed by atoms with van der Waals surface area (Å²) < 4.78 is 49.4. The minimum absolute atomic E-state index is 0.00980. The Morgan fingerprint density at radius 3 is 2.54 bits per heavy atom. The van der Waals surface area contributed by atoms with E-state index in [-0.39, 0.29) is 42.1 Å². The summed E-state index contributed by atoms with van der Waals surface area (Å²) in [6.45, 7) is 12.2. The van der Waals surface area contributed by atoms with Crippen LogP contribution in [0.3, 0.4) is 0 Å². The second kappa shape index (κ2) is 10.3. The van der Waals surface area contributed by atoms with E-state index >= 15 is 0 Å². The lowest BCUT2D eigenvalue weighted by Gasteiger charge is -2.31. The third-order valence-electron chi connectivity index (χ3n) is 6.86. The number of Topliss-reactive ketones (excluding diaryl/α,β-unsaturated/α-hetero) is 1. The average Bonchev–Trinajstić information content (AvgIpc) is 3.24. The number of halogens is 1. The first kappa shape index (κ1) is 27.5. The van der Waals surface area contributed by atoms with Gasteiger partial charge in [-0.15, -0.1) is 11.3 Å². The van der Waals surface area contributed by atoms with Crippen molar-refractivity contribution in [3.63, 3.8) is 0 Å². The summed E-state index contributed by atoms with van der Waals surface area (Å²) in [7, 11) is -4.13. The Labute approximate surface area is 223 Å². The largest absolute Gasteiger partial charge is 0.488 e. The molecule has 0 amide bonds. The fourth-order valence-electron chi connectivity index (χ4n) is 4.88. The van der Waals surface area contributed by atoms with E-state index in [4.69, 9.17) is 4.74 Å². The van der Waals surface area contributed by atoms with Crippen molar-refractivity contribution in [3.8, 4) is 5.75 Å². The number of thiophene rings is 1. The van der Waals surface area contributed by atoms with Crippen molar-refractivity contribution in [2.75, 3.05) is 6.54 Å². The van der Waals surface area contributed by atoms with Crippen molar-refractivity contribution in [1.29, 1.82) is 0 Å². The quantitative estimate of drug-likeness (QED) is 0.316. The molecule has 0 saturated carbocycles. The fraction of sp³-hybridized carbons (Fsp3) is 0.414. The van der Waals surface area contributed by atoms with Crippen molar-refractivity contribution in [3.05, 3.63) is 80.8 Å². The summed E-state index contributed by atoms with van der Waals surface area (Å²) >= 11 is 1.50. The Balaban J connectivity index is 1.77. The fourth-order valence-corrected chi connectivity index (χ4v) is 7.78. The summed E-state index contributed by atoms with van der Waals surface area (Å²) in [4.78, 5) is 13.4. The summed E-state index contributed by atoms with van der Waals surface area (Å²) in [5, 5.41) is 0. The van der Waals surface area contributed by atoms with Crippen LogP contribution in [0.2, 0.25) is 0 Å². The molecule has 198 valence electrons. The number of carbonyl (C=O) groups excluding carboxylic acids is 1. The second-order valence-corrected chi connectivity index (χ2v) is 13.7. The molecule has 5 nitrogen and oxygen atoms in total. The Bertz CT molecular complexity index is 1420. The molecule has 8 heteroatoms. The van der Waals surface area contributed by atoms with Gasteiger partial charge in [0.05, 0.1) is 11.4 Å². The van der Waals surface area contributed by atoms with E-state index in [0.29, 0.717) is 6.42 Å². The number of aryl methyl sites for hydroxylation is 1. The molecule has 1 aromatic heterocycles. The zero-order valence-corrected chi connectivity index (χ0v) is 23.8. The van der Waals surface area contributed by atoms with E-state index in [1.807, 2.05) is 32.0 Å². The minimum atomic E-state index is -4.13. The van der Waals surface area contributed by atoms with Gasteiger partial charge >= 0.3 is 0 Å². The third kappa shape index (κ3) is 5.52. The third-order valence-corrected chi connectivity index (χ3v) is 9.98. The SMILES string of the molecule is CC[C@@H]1CN(Cc2cc(C(c3ccc(C(C)=O)s3)C(C)(C)C)ccc2C)S(=O)(=O)c2c(F)cccc2O1. The van der Waals surface area contributed by atoms with Crippen molar-refractivity contribution >= 4 is 27.1 Å². The van der Waals surface area contributed by atoms with E-state index in [0.717, 1.165) is 32.5 Å². The number of rotatable bonds is 6. The number of hydrogen-bond acceptors (Lipinski definition) is 5. The monoisotopic (exact) mass is 543 g/mol. The molecule has 2 heterocycles. The van der Waals surface area contributed by atoms with Gasteiger partial charge in [0.2, 0.25) is 10.0 Å². The van der Waals surface area contributed by atoms with Crippen LogP contribution in [0.5, 0.6) is 5.75 Å². The number of fused-ring (bicyclic) bond motifs is 1. The highest BCUT2D eigenvalue weighted by Gasteiger charge is 2.37. The maximum Gasteiger partial charge on any atom is 0.250 e.